The second-order valence-electron chi connectivity index (χ2n) is 7.83. The van der Waals surface area contributed by atoms with Crippen molar-refractivity contribution < 1.29 is 24.7 Å². The first-order valence-corrected chi connectivity index (χ1v) is 9.96. The Bertz CT molecular complexity index is 1280. The van der Waals surface area contributed by atoms with Crippen LogP contribution in [0.25, 0.3) is 10.9 Å². The number of carboxylic acid groups (broad SMARTS) is 2. The molecule has 10 nitrogen and oxygen atoms in total. The number of aryl methyl sites for hydroxylation is 1. The fourth-order valence-corrected chi connectivity index (χ4v) is 3.32. The number of aliphatic carboxylic acids is 2. The molecular weight excluding hydrogens is 428 g/mol. The van der Waals surface area contributed by atoms with Gasteiger partial charge in [0.1, 0.15) is 0 Å². The number of fused-ring (bicyclic) bond motifs is 1. The highest BCUT2D eigenvalue weighted by Crippen LogP contribution is 2.31. The summed E-state index contributed by atoms with van der Waals surface area (Å²) in [5.41, 5.74) is 1.84. The van der Waals surface area contributed by atoms with Crippen molar-refractivity contribution in [1.29, 1.82) is 0 Å². The number of carbonyl (C=O) groups is 2. The number of nitrogens with zero attached hydrogens (tertiary/aromatic N) is 4. The van der Waals surface area contributed by atoms with Gasteiger partial charge in [0.15, 0.2) is 0 Å². The number of pyridine rings is 1. The van der Waals surface area contributed by atoms with E-state index in [1.165, 1.54) is 37.4 Å². The van der Waals surface area contributed by atoms with Gasteiger partial charge < -0.3 is 10.2 Å². The first kappa shape index (κ1) is 23.3. The van der Waals surface area contributed by atoms with Crippen LogP contribution in [-0.4, -0.2) is 41.8 Å². The lowest BCUT2D eigenvalue weighted by Gasteiger charge is -2.23. The van der Waals surface area contributed by atoms with Crippen molar-refractivity contribution in [3.05, 3.63) is 87.9 Å². The second kappa shape index (κ2) is 9.43. The molecule has 1 aromatic carbocycles. The molecule has 4 rings (SSSR count). The molecule has 0 radical (unpaired) electrons. The third-order valence-corrected chi connectivity index (χ3v) is 5.25. The van der Waals surface area contributed by atoms with Crippen LogP contribution >= 0.6 is 0 Å². The van der Waals surface area contributed by atoms with Gasteiger partial charge in [-0.2, -0.15) is 5.10 Å². The van der Waals surface area contributed by atoms with E-state index in [1.807, 2.05) is 25.1 Å². The lowest BCUT2D eigenvalue weighted by molar-refractivity contribution is -0.383. The van der Waals surface area contributed by atoms with Crippen LogP contribution in [0.15, 0.2) is 66.5 Å². The molecule has 1 aliphatic carbocycles. The number of nitro benzene ring substituents is 1. The Kier molecular flexibility index (Phi) is 6.67. The van der Waals surface area contributed by atoms with Gasteiger partial charge in [-0.25, -0.2) is 4.79 Å². The third-order valence-electron chi connectivity index (χ3n) is 5.25. The topological polar surface area (TPSA) is 148 Å². The number of rotatable bonds is 5. The summed E-state index contributed by atoms with van der Waals surface area (Å²) in [7, 11) is 0. The molecule has 1 aliphatic rings. The molecule has 10 heteroatoms. The highest BCUT2D eigenvalue weighted by Gasteiger charge is 2.34. The van der Waals surface area contributed by atoms with Crippen molar-refractivity contribution in [1.82, 2.24) is 14.8 Å². The monoisotopic (exact) mass is 450 g/mol. The molecule has 0 bridgehead atoms. The smallest absolute Gasteiger partial charge is 0.331 e. The molecule has 2 aromatic heterocycles. The number of aromatic nitrogens is 3. The quantitative estimate of drug-likeness (QED) is 0.441. The van der Waals surface area contributed by atoms with E-state index in [0.717, 1.165) is 16.8 Å². The summed E-state index contributed by atoms with van der Waals surface area (Å²) < 4.78 is 1.74. The molecule has 1 unspecified atom stereocenters. The third kappa shape index (κ3) is 5.29. The number of non-ortho nitro benzene ring substituents is 1. The predicted octanol–water partition coefficient (Wildman–Crippen LogP) is 3.74. The molecule has 0 fully saturated rings. The molecule has 170 valence electrons. The summed E-state index contributed by atoms with van der Waals surface area (Å²) in [4.78, 5) is 36.2. The standard InChI is InChI=1S/C14H12N4O2.C9H10O4/c1-10-5-6-11(7-15-10)9-17-13-3-2-4-14(18(19)20)12(13)8-16-17;1-9(8(12)13)4-2-3-6(5-9)7(10)11/h2-8H,9H2,1H3;2-4H,5H2,1H3,(H,10,11)(H,12,13). The maximum Gasteiger partial charge on any atom is 0.331 e. The summed E-state index contributed by atoms with van der Waals surface area (Å²) >= 11 is 0. The maximum absolute atomic E-state index is 11.0. The maximum atomic E-state index is 11.0. The Morgan fingerprint density at radius 2 is 1.97 bits per heavy atom. The first-order chi connectivity index (χ1) is 15.6. The Balaban J connectivity index is 0.000000205. The Hall–Kier alpha value is -4.34. The zero-order valence-corrected chi connectivity index (χ0v) is 18.0. The van der Waals surface area contributed by atoms with Crippen LogP contribution in [0.1, 0.15) is 24.6 Å². The van der Waals surface area contributed by atoms with E-state index >= 15 is 0 Å². The van der Waals surface area contributed by atoms with Crippen LogP contribution in [0.2, 0.25) is 0 Å². The molecule has 2 N–H and O–H groups in total. The number of hydrogen-bond acceptors (Lipinski definition) is 6. The van der Waals surface area contributed by atoms with Crippen LogP contribution < -0.4 is 0 Å². The van der Waals surface area contributed by atoms with Gasteiger partial charge in [0.05, 0.1) is 34.0 Å². The van der Waals surface area contributed by atoms with Gasteiger partial charge in [0, 0.05) is 23.5 Å². The molecule has 0 saturated carbocycles. The van der Waals surface area contributed by atoms with Gasteiger partial charge in [0.2, 0.25) is 0 Å². The molecule has 1 atom stereocenters. The van der Waals surface area contributed by atoms with Crippen LogP contribution in [0.5, 0.6) is 0 Å². The minimum absolute atomic E-state index is 0.0359. The van der Waals surface area contributed by atoms with E-state index in [-0.39, 0.29) is 22.6 Å². The van der Waals surface area contributed by atoms with E-state index in [1.54, 1.807) is 16.9 Å². The molecule has 0 saturated heterocycles. The van der Waals surface area contributed by atoms with Crippen LogP contribution in [0.3, 0.4) is 0 Å². The van der Waals surface area contributed by atoms with Crippen LogP contribution in [0.4, 0.5) is 5.69 Å². The SMILES string of the molecule is CC1(C(=O)O)C=CC=C(C(=O)O)C1.Cc1ccc(Cn2ncc3c([N+](=O)[O-])cccc32)cn1. The van der Waals surface area contributed by atoms with Crippen LogP contribution in [-0.2, 0) is 16.1 Å². The van der Waals surface area contributed by atoms with E-state index in [4.69, 9.17) is 10.2 Å². The van der Waals surface area contributed by atoms with E-state index < -0.39 is 17.4 Å². The lowest BCUT2D eigenvalue weighted by atomic mass is 9.80. The summed E-state index contributed by atoms with van der Waals surface area (Å²) in [5, 5.41) is 33.3. The molecule has 0 amide bonds. The highest BCUT2D eigenvalue weighted by atomic mass is 16.6. The summed E-state index contributed by atoms with van der Waals surface area (Å²) in [6.07, 6.45) is 7.76. The normalized spacial score (nSPS) is 17.1. The van der Waals surface area contributed by atoms with Gasteiger partial charge in [-0.15, -0.1) is 0 Å². The van der Waals surface area contributed by atoms with E-state index in [9.17, 15) is 19.7 Å². The Morgan fingerprint density at radius 3 is 2.58 bits per heavy atom. The Labute approximate surface area is 188 Å². The molecule has 0 aliphatic heterocycles. The number of carboxylic acids is 2. The molecule has 0 spiro atoms. The fourth-order valence-electron chi connectivity index (χ4n) is 3.32. The average molecular weight is 450 g/mol. The first-order valence-electron chi connectivity index (χ1n) is 9.96. The lowest BCUT2D eigenvalue weighted by Crippen LogP contribution is -2.28. The Morgan fingerprint density at radius 1 is 1.21 bits per heavy atom. The second-order valence-corrected chi connectivity index (χ2v) is 7.83. The fraction of sp³-hybridized carbons (Fsp3) is 0.217. The summed E-state index contributed by atoms with van der Waals surface area (Å²) in [6, 6.07) is 8.90. The number of allylic oxidation sites excluding steroid dienone is 2. The molecule has 33 heavy (non-hydrogen) atoms. The number of nitro groups is 1. The van der Waals surface area contributed by atoms with Crippen molar-refractivity contribution in [2.75, 3.05) is 0 Å². The average Bonchev–Trinajstić information content (AvgIpc) is 3.18. The van der Waals surface area contributed by atoms with Crippen molar-refractivity contribution >= 4 is 28.5 Å². The van der Waals surface area contributed by atoms with Gasteiger partial charge in [0.25, 0.3) is 5.69 Å². The summed E-state index contributed by atoms with van der Waals surface area (Å²) in [6.45, 7) is 3.97. The number of hydrogen-bond donors (Lipinski definition) is 2. The van der Waals surface area contributed by atoms with Gasteiger partial charge in [-0.3, -0.25) is 24.6 Å². The minimum Gasteiger partial charge on any atom is -0.481 e. The van der Waals surface area contributed by atoms with E-state index in [2.05, 4.69) is 10.1 Å². The van der Waals surface area contributed by atoms with Crippen LogP contribution in [0, 0.1) is 22.5 Å². The largest absolute Gasteiger partial charge is 0.481 e. The van der Waals surface area contributed by atoms with Gasteiger partial charge >= 0.3 is 11.9 Å². The summed E-state index contributed by atoms with van der Waals surface area (Å²) in [5.74, 6) is -2.06. The highest BCUT2D eigenvalue weighted by molar-refractivity contribution is 5.90. The van der Waals surface area contributed by atoms with Crippen molar-refractivity contribution in [3.63, 3.8) is 0 Å². The molecular formula is C23H22N4O6. The van der Waals surface area contributed by atoms with Crippen molar-refractivity contribution in [2.24, 2.45) is 5.41 Å². The zero-order valence-electron chi connectivity index (χ0n) is 18.0. The van der Waals surface area contributed by atoms with Crippen molar-refractivity contribution in [3.8, 4) is 0 Å². The zero-order chi connectivity index (χ0) is 24.2. The van der Waals surface area contributed by atoms with Gasteiger partial charge in [-0.05, 0) is 38.0 Å². The predicted molar refractivity (Wildman–Crippen MR) is 120 cm³/mol. The number of benzene rings is 1. The minimum atomic E-state index is -1.08. The van der Waals surface area contributed by atoms with Crippen molar-refractivity contribution in [2.45, 2.75) is 26.8 Å². The molecule has 3 aromatic rings. The van der Waals surface area contributed by atoms with Gasteiger partial charge in [-0.1, -0.05) is 30.4 Å². The van der Waals surface area contributed by atoms with E-state index in [0.29, 0.717) is 11.9 Å². The molecule has 2 heterocycles.